The molecule has 5 rings (SSSR count). The van der Waals surface area contributed by atoms with Crippen LogP contribution in [0.5, 0.6) is 0 Å². The number of aliphatic imine (C=N–C) groups is 1. The molecular formula is C26H23N2+. The molecule has 3 aromatic rings. The van der Waals surface area contributed by atoms with Crippen molar-refractivity contribution in [2.75, 3.05) is 0 Å². The van der Waals surface area contributed by atoms with Crippen LogP contribution in [0.15, 0.2) is 102 Å². The maximum Gasteiger partial charge on any atom is 0.226 e. The van der Waals surface area contributed by atoms with E-state index in [9.17, 15) is 0 Å². The third-order valence-electron chi connectivity index (χ3n) is 6.20. The predicted octanol–water partition coefficient (Wildman–Crippen LogP) is 5.20. The summed E-state index contributed by atoms with van der Waals surface area (Å²) >= 11 is 0. The maximum absolute atomic E-state index is 4.55. The number of hydrogen-bond donors (Lipinski definition) is 0. The largest absolute Gasteiger partial charge is 0.289 e. The zero-order valence-electron chi connectivity index (χ0n) is 16.0. The summed E-state index contributed by atoms with van der Waals surface area (Å²) in [7, 11) is 0. The summed E-state index contributed by atoms with van der Waals surface area (Å²) in [5.74, 6) is 0.222. The van der Waals surface area contributed by atoms with Gasteiger partial charge in [-0.1, -0.05) is 55.1 Å². The van der Waals surface area contributed by atoms with Crippen LogP contribution in [0.25, 0.3) is 22.4 Å². The zero-order valence-corrected chi connectivity index (χ0v) is 16.0. The summed E-state index contributed by atoms with van der Waals surface area (Å²) in [6.07, 6.45) is 6.35. The van der Waals surface area contributed by atoms with Gasteiger partial charge in [0, 0.05) is 17.7 Å². The number of pyridine rings is 1. The van der Waals surface area contributed by atoms with Gasteiger partial charge in [0.1, 0.15) is 6.04 Å². The Kier molecular flexibility index (Phi) is 3.70. The van der Waals surface area contributed by atoms with E-state index in [4.69, 9.17) is 0 Å². The van der Waals surface area contributed by atoms with Crippen molar-refractivity contribution in [3.8, 4) is 22.4 Å². The molecule has 0 N–H and O–H groups in total. The highest BCUT2D eigenvalue weighted by atomic mass is 15.2. The van der Waals surface area contributed by atoms with Crippen LogP contribution < -0.4 is 4.57 Å². The van der Waals surface area contributed by atoms with Gasteiger partial charge in [0.2, 0.25) is 11.2 Å². The molecule has 28 heavy (non-hydrogen) atoms. The van der Waals surface area contributed by atoms with Crippen molar-refractivity contribution in [1.29, 1.82) is 0 Å². The van der Waals surface area contributed by atoms with Crippen molar-refractivity contribution in [2.45, 2.75) is 18.5 Å². The number of aromatic nitrogens is 1. The Bertz CT molecular complexity index is 1130. The fraction of sp³-hybridized carbons (Fsp3) is 0.154. The van der Waals surface area contributed by atoms with Crippen LogP contribution in [0, 0.1) is 5.92 Å². The van der Waals surface area contributed by atoms with Crippen LogP contribution >= 0.6 is 0 Å². The summed E-state index contributed by atoms with van der Waals surface area (Å²) in [4.78, 5) is 4.55. The predicted molar refractivity (Wildman–Crippen MR) is 115 cm³/mol. The second kappa shape index (κ2) is 6.13. The first-order valence-corrected chi connectivity index (χ1v) is 9.72. The van der Waals surface area contributed by atoms with Crippen LogP contribution in [0.3, 0.4) is 0 Å². The van der Waals surface area contributed by atoms with Crippen molar-refractivity contribution < 1.29 is 4.57 Å². The van der Waals surface area contributed by atoms with E-state index in [1.165, 1.54) is 27.9 Å². The molecule has 2 heterocycles. The Labute approximate surface area is 166 Å². The van der Waals surface area contributed by atoms with Gasteiger partial charge in [-0.3, -0.25) is 4.99 Å². The molecule has 0 saturated heterocycles. The Hall–Kier alpha value is -3.26. The Morgan fingerprint density at radius 3 is 2.57 bits per heavy atom. The molecular weight excluding hydrogens is 340 g/mol. The van der Waals surface area contributed by atoms with Crippen molar-refractivity contribution in [3.63, 3.8) is 0 Å². The molecule has 1 fully saturated rings. The quantitative estimate of drug-likeness (QED) is 0.344. The zero-order chi connectivity index (χ0) is 19.3. The van der Waals surface area contributed by atoms with E-state index in [1.807, 2.05) is 6.92 Å². The Balaban J connectivity index is 1.76. The van der Waals surface area contributed by atoms with Gasteiger partial charge in [-0.05, 0) is 48.5 Å². The smallest absolute Gasteiger partial charge is 0.226 e. The van der Waals surface area contributed by atoms with E-state index in [2.05, 4.69) is 108 Å². The van der Waals surface area contributed by atoms with Crippen LogP contribution in [-0.2, 0) is 5.54 Å². The van der Waals surface area contributed by atoms with E-state index in [1.54, 1.807) is 0 Å². The van der Waals surface area contributed by atoms with E-state index in [0.29, 0.717) is 0 Å². The molecule has 3 unspecified atom stereocenters. The van der Waals surface area contributed by atoms with Gasteiger partial charge in [0.15, 0.2) is 6.20 Å². The number of nitrogens with zero attached hydrogens (tertiary/aromatic N) is 2. The van der Waals surface area contributed by atoms with Crippen molar-refractivity contribution >= 4 is 6.72 Å². The third-order valence-corrected chi connectivity index (χ3v) is 6.20. The molecule has 1 aliphatic carbocycles. The first-order chi connectivity index (χ1) is 13.7. The molecule has 2 nitrogen and oxygen atoms in total. The molecule has 1 aromatic heterocycles. The molecule has 2 heteroatoms. The van der Waals surface area contributed by atoms with E-state index in [-0.39, 0.29) is 17.5 Å². The van der Waals surface area contributed by atoms with Crippen LogP contribution in [0.1, 0.15) is 12.5 Å². The average molecular weight is 363 g/mol. The fourth-order valence-corrected chi connectivity index (χ4v) is 5.05. The number of benzene rings is 2. The summed E-state index contributed by atoms with van der Waals surface area (Å²) in [5.41, 5.74) is 7.19. The number of rotatable bonds is 4. The van der Waals surface area contributed by atoms with Crippen LogP contribution in [0.2, 0.25) is 0 Å². The molecule has 1 spiro atoms. The van der Waals surface area contributed by atoms with Gasteiger partial charge in [0.25, 0.3) is 0 Å². The van der Waals surface area contributed by atoms with Gasteiger partial charge in [0.05, 0.1) is 11.5 Å². The lowest BCUT2D eigenvalue weighted by Crippen LogP contribution is -2.47. The van der Waals surface area contributed by atoms with E-state index >= 15 is 0 Å². The minimum Gasteiger partial charge on any atom is -0.289 e. The number of hydrogen-bond acceptors (Lipinski definition) is 1. The highest BCUT2D eigenvalue weighted by Gasteiger charge is 2.78. The average Bonchev–Trinajstić information content (AvgIpc) is 3.35. The first-order valence-electron chi connectivity index (χ1n) is 9.72. The molecule has 3 atom stereocenters. The molecule has 136 valence electrons. The normalized spacial score (nSPS) is 24.2. The molecule has 0 amide bonds. The lowest BCUT2D eigenvalue weighted by atomic mass is 9.93. The van der Waals surface area contributed by atoms with Crippen LogP contribution in [0.4, 0.5) is 0 Å². The molecule has 1 saturated carbocycles. The van der Waals surface area contributed by atoms with Crippen molar-refractivity contribution in [3.05, 3.63) is 103 Å². The Morgan fingerprint density at radius 2 is 1.82 bits per heavy atom. The molecule has 2 aliphatic rings. The molecule has 1 aliphatic heterocycles. The number of fused-ring (bicyclic) bond motifs is 5. The molecule has 0 bridgehead atoms. The standard InChI is InChI=1S/C26H23N2/c1-4-10-18(2)24-25(27-3)26(24)22-17-20(19-11-6-5-7-12-19)14-15-21(22)23-13-8-9-16-28(23)26/h4-17,24-25H,2-3H2,1H3/q+1/b10-4-. The maximum atomic E-state index is 4.55. The van der Waals surface area contributed by atoms with E-state index in [0.717, 1.165) is 5.57 Å². The lowest BCUT2D eigenvalue weighted by Gasteiger charge is -2.10. The minimum atomic E-state index is -0.227. The minimum absolute atomic E-state index is 0.0922. The van der Waals surface area contributed by atoms with Gasteiger partial charge in [-0.25, -0.2) is 0 Å². The summed E-state index contributed by atoms with van der Waals surface area (Å²) in [5, 5.41) is 0. The van der Waals surface area contributed by atoms with Crippen molar-refractivity contribution in [1.82, 2.24) is 0 Å². The summed E-state index contributed by atoms with van der Waals surface area (Å²) in [6.45, 7) is 10.3. The summed E-state index contributed by atoms with van der Waals surface area (Å²) in [6, 6.07) is 23.9. The van der Waals surface area contributed by atoms with E-state index < -0.39 is 0 Å². The third kappa shape index (κ3) is 2.09. The van der Waals surface area contributed by atoms with Gasteiger partial charge in [-0.15, -0.1) is 0 Å². The molecule has 0 radical (unpaired) electrons. The highest BCUT2D eigenvalue weighted by Crippen LogP contribution is 2.62. The molecule has 2 aromatic carbocycles. The second-order valence-electron chi connectivity index (χ2n) is 7.59. The topological polar surface area (TPSA) is 16.2 Å². The first kappa shape index (κ1) is 16.9. The fourth-order valence-electron chi connectivity index (χ4n) is 5.05. The monoisotopic (exact) mass is 363 g/mol. The van der Waals surface area contributed by atoms with Gasteiger partial charge >= 0.3 is 0 Å². The van der Waals surface area contributed by atoms with Gasteiger partial charge in [-0.2, -0.15) is 4.57 Å². The van der Waals surface area contributed by atoms with Gasteiger partial charge < -0.3 is 0 Å². The second-order valence-corrected chi connectivity index (χ2v) is 7.59. The number of allylic oxidation sites excluding steroid dienone is 2. The lowest BCUT2D eigenvalue weighted by molar-refractivity contribution is -0.716. The van der Waals surface area contributed by atoms with Crippen LogP contribution in [-0.4, -0.2) is 12.8 Å². The summed E-state index contributed by atoms with van der Waals surface area (Å²) < 4.78 is 2.39. The van der Waals surface area contributed by atoms with Crippen molar-refractivity contribution in [2.24, 2.45) is 10.9 Å². The highest BCUT2D eigenvalue weighted by molar-refractivity contribution is 5.76. The SMILES string of the molecule is C=NC1C(C(=C)/C=C\C)C12c1cc(-c3ccccc3)ccc1-c1cccc[n+]12. The Morgan fingerprint density at radius 1 is 1.04 bits per heavy atom.